The molecule has 0 saturated heterocycles. The maximum absolute atomic E-state index is 6.38. The van der Waals surface area contributed by atoms with E-state index in [4.69, 9.17) is 28.4 Å². The van der Waals surface area contributed by atoms with Gasteiger partial charge in [-0.1, -0.05) is 400 Å². The van der Waals surface area contributed by atoms with Gasteiger partial charge in [0.05, 0.1) is 0 Å². The Bertz CT molecular complexity index is 5600. The van der Waals surface area contributed by atoms with Crippen LogP contribution >= 0.6 is 50.2 Å². The van der Waals surface area contributed by atoms with Crippen molar-refractivity contribution < 1.29 is 28.4 Å². The van der Waals surface area contributed by atoms with Crippen molar-refractivity contribution >= 4 is 136 Å². The van der Waals surface area contributed by atoms with Crippen LogP contribution in [0.15, 0.2) is 334 Å². The Morgan fingerprint density at radius 2 is 0.621 bits per heavy atom. The summed E-state index contributed by atoms with van der Waals surface area (Å²) in [7, 11) is 12.4. The van der Waals surface area contributed by atoms with Gasteiger partial charge in [-0.25, -0.2) is 0 Å². The van der Waals surface area contributed by atoms with Gasteiger partial charge in [0.2, 0.25) is 0 Å². The summed E-state index contributed by atoms with van der Waals surface area (Å²) in [5.74, 6) is 3.89. The van der Waals surface area contributed by atoms with Crippen molar-refractivity contribution in [3.63, 3.8) is 0 Å². The third-order valence-corrected chi connectivity index (χ3v) is 32.2. The molecule has 0 aliphatic carbocycles. The van der Waals surface area contributed by atoms with Crippen LogP contribution in [0.1, 0.15) is 112 Å². The van der Waals surface area contributed by atoms with Crippen LogP contribution < -0.4 is 103 Å². The number of ether oxygens (including phenoxy) is 6. The highest BCUT2D eigenvalue weighted by Gasteiger charge is 2.30. The number of aryl methyl sites for hydroxylation is 4. The summed E-state index contributed by atoms with van der Waals surface area (Å²) in [5.41, 5.74) is 13.8. The van der Waals surface area contributed by atoms with Crippen molar-refractivity contribution in [2.75, 3.05) is 65.8 Å². The van der Waals surface area contributed by atoms with Crippen LogP contribution in [0.5, 0.6) is 23.0 Å². The number of nitrogens with zero attached hydrogens (tertiary/aromatic N) is 2. The van der Waals surface area contributed by atoms with Gasteiger partial charge in [-0.3, -0.25) is 0 Å². The predicted octanol–water partition coefficient (Wildman–Crippen LogP) is 21.2. The third-order valence-electron chi connectivity index (χ3n) is 21.0. The molecule has 0 saturated carbocycles. The van der Waals surface area contributed by atoms with E-state index in [2.05, 4.69) is 419 Å². The summed E-state index contributed by atoms with van der Waals surface area (Å²) >= 11 is 0. The molecule has 0 radical (unpaired) electrons. The monoisotopic (exact) mass is 1750 g/mol. The van der Waals surface area contributed by atoms with Crippen molar-refractivity contribution in [2.24, 2.45) is 0 Å². The van der Waals surface area contributed by atoms with Crippen molar-refractivity contribution in [1.29, 1.82) is 0 Å². The molecule has 4 unspecified atom stereocenters. The van der Waals surface area contributed by atoms with E-state index in [9.17, 15) is 0 Å². The van der Waals surface area contributed by atoms with Gasteiger partial charge < -0.3 is 38.2 Å². The van der Waals surface area contributed by atoms with Gasteiger partial charge in [0.1, 0.15) is 36.2 Å². The minimum Gasteiger partial charge on any atom is -0.488 e. The molecule has 0 N–H and O–H groups in total. The molecule has 0 bridgehead atoms. The zero-order valence-electron chi connectivity index (χ0n) is 75.8. The van der Waals surface area contributed by atoms with Gasteiger partial charge in [-0.2, -0.15) is 0 Å². The normalized spacial score (nSPS) is 11.7. The Morgan fingerprint density at radius 1 is 0.282 bits per heavy atom. The van der Waals surface area contributed by atoms with E-state index < -0.39 is 15.8 Å². The highest BCUT2D eigenvalue weighted by Crippen LogP contribution is 2.42. The first-order valence-electron chi connectivity index (χ1n) is 42.4. The van der Waals surface area contributed by atoms with Gasteiger partial charge in [0.25, 0.3) is 0 Å². The molecule has 14 aromatic carbocycles. The van der Waals surface area contributed by atoms with Gasteiger partial charge in [-0.05, 0) is 177 Å². The molecule has 4 atom stereocenters. The first-order valence-corrected chi connectivity index (χ1v) is 49.1. The second-order valence-corrected chi connectivity index (χ2v) is 43.8. The van der Waals surface area contributed by atoms with Crippen molar-refractivity contribution in [2.45, 2.75) is 119 Å². The molecule has 0 aromatic heterocycles. The lowest BCUT2D eigenvalue weighted by molar-refractivity contribution is 0.0505. The Hall–Kier alpha value is -9.62. The number of anilines is 2. The number of hydrogen-bond acceptors (Lipinski definition) is 8. The van der Waals surface area contributed by atoms with E-state index >= 15 is 0 Å². The SMILES string of the molecule is CN(C)c1ccccc1Pc1ccccc1OCc1ccccc1.COCOc1c(C)cc(C(C)(C)C)cc1Pc1c(C)cccc1P(c1ccccc1)c1ccccc1.COCOc1c(Pc2c(C)cccc2P(c2ccccc2)c2ccccc2)cc(C(C)(C)C)cc1C(C)(C)C.Cc1cccc(Pc2ccccc2N(C)C)c1OCc1ccccc1. The number of rotatable bonds is 28. The fourth-order valence-electron chi connectivity index (χ4n) is 14.4. The molecule has 124 heavy (non-hydrogen) atoms. The Morgan fingerprint density at radius 3 is 1.04 bits per heavy atom. The van der Waals surface area contributed by atoms with Gasteiger partial charge in [0.15, 0.2) is 13.6 Å². The third kappa shape index (κ3) is 26.5. The Balaban J connectivity index is 0.000000164. The average Bonchev–Trinajstić information content (AvgIpc) is 0.778. The minimum absolute atomic E-state index is 0.0221. The second-order valence-electron chi connectivity index (χ2n) is 34.2. The van der Waals surface area contributed by atoms with E-state index in [1.165, 1.54) is 130 Å². The summed E-state index contributed by atoms with van der Waals surface area (Å²) in [4.78, 5) is 4.33. The van der Waals surface area contributed by atoms with Crippen LogP contribution in [0.4, 0.5) is 11.4 Å². The summed E-state index contributed by atoms with van der Waals surface area (Å²) < 4.78 is 35.5. The summed E-state index contributed by atoms with van der Waals surface area (Å²) in [5, 5.41) is 18.8. The molecule has 0 spiro atoms. The fraction of sp³-hybridized carbons (Fsp3) is 0.236. The topological polar surface area (TPSA) is 61.9 Å². The van der Waals surface area contributed by atoms with Crippen LogP contribution in [0.25, 0.3) is 0 Å². The second kappa shape index (κ2) is 46.0. The first kappa shape index (κ1) is 95.0. The molecule has 8 nitrogen and oxygen atoms in total. The number of hydrogen-bond donors (Lipinski definition) is 0. The highest BCUT2D eigenvalue weighted by molar-refractivity contribution is 7.82. The number of methoxy groups -OCH3 is 2. The maximum atomic E-state index is 6.38. The van der Waals surface area contributed by atoms with E-state index in [1.807, 2.05) is 42.5 Å². The molecule has 0 fully saturated rings. The quantitative estimate of drug-likeness (QED) is 0.0355. The van der Waals surface area contributed by atoms with Gasteiger partial charge >= 0.3 is 0 Å². The molecular weight excluding hydrogens is 1630 g/mol. The molecule has 14 rings (SSSR count). The van der Waals surface area contributed by atoms with Crippen LogP contribution in [-0.4, -0.2) is 56.0 Å². The smallest absolute Gasteiger partial charge is 0.188 e. The van der Waals surface area contributed by atoms with Crippen LogP contribution in [0, 0.1) is 27.7 Å². The van der Waals surface area contributed by atoms with Crippen molar-refractivity contribution in [3.8, 4) is 23.0 Å². The van der Waals surface area contributed by atoms with Crippen molar-refractivity contribution in [3.05, 3.63) is 384 Å². The van der Waals surface area contributed by atoms with E-state index in [0.29, 0.717) is 47.5 Å². The zero-order chi connectivity index (χ0) is 88.3. The van der Waals surface area contributed by atoms with E-state index in [1.54, 1.807) is 14.2 Å². The highest BCUT2D eigenvalue weighted by atomic mass is 31.1. The lowest BCUT2D eigenvalue weighted by Crippen LogP contribution is -2.32. The average molecular weight is 1760 g/mol. The van der Waals surface area contributed by atoms with Crippen LogP contribution in [0.3, 0.4) is 0 Å². The molecular formula is C110H124N2O6P6. The number of benzene rings is 14. The first-order chi connectivity index (χ1) is 59.7. The lowest BCUT2D eigenvalue weighted by atomic mass is 9.80. The summed E-state index contributed by atoms with van der Waals surface area (Å²) in [6.45, 7) is 30.9. The maximum Gasteiger partial charge on any atom is 0.188 e. The molecule has 640 valence electrons. The number of para-hydroxylation sites is 4. The largest absolute Gasteiger partial charge is 0.488 e. The molecule has 14 aromatic rings. The zero-order valence-corrected chi connectivity index (χ0v) is 81.6. The Kier molecular flexibility index (Phi) is 35.3. The minimum atomic E-state index is -0.719. The lowest BCUT2D eigenvalue weighted by Gasteiger charge is -2.30. The standard InChI is InChI=1S/C35H42O2P2.C32H36O2P2.C22H24NOP.C21H22NOP/c1-25-16-15-21-31(39(27-17-11-9-12-18-27)28-19-13-10-14-20-28)33(25)38-30-23-26(34(2,3)4)22-29(35(5,6)7)32(30)37-24-36-8;1-23-14-13-19-29(36(26-15-9-7-10-16-26)27-17-11-8-12-18-27)31(23)35-28-21-25(32(3,4)5)20-24(2)30(28)34-22-33-6;1-17-10-9-15-21(22(17)24-16-18-11-5-4-6-12-18)25-20-14-8-7-13-19(20)23(2)3;1-22(2)18-12-6-8-14-20(18)24-21-15-9-7-13-19(21)23-16-17-10-4-3-5-11-17/h9-23,38H,24H2,1-8H3;7-21,35H,22H2,1-6H3;4-15,25H,16H2,1-3H3;3-15,24H,16H2,1-2H3. The predicted molar refractivity (Wildman–Crippen MR) is 550 cm³/mol. The van der Waals surface area contributed by atoms with Gasteiger partial charge in [0, 0.05) is 91.2 Å². The molecule has 0 aliphatic rings. The van der Waals surface area contributed by atoms with Crippen LogP contribution in [0.2, 0.25) is 0 Å². The van der Waals surface area contributed by atoms with E-state index in [0.717, 1.165) is 28.6 Å². The van der Waals surface area contributed by atoms with Gasteiger partial charge in [-0.15, -0.1) is 0 Å². The molecule has 14 heteroatoms. The summed E-state index contributed by atoms with van der Waals surface area (Å²) in [6, 6.07) is 119. The summed E-state index contributed by atoms with van der Waals surface area (Å²) in [6.07, 6.45) is 0. The molecule has 0 aliphatic heterocycles. The van der Waals surface area contributed by atoms with E-state index in [-0.39, 0.29) is 29.8 Å². The molecule has 0 heterocycles. The Labute approximate surface area is 751 Å². The fourth-order valence-corrected chi connectivity index (χ4v) is 25.7. The molecule has 0 amide bonds. The van der Waals surface area contributed by atoms with Crippen LogP contribution in [-0.2, 0) is 38.9 Å². The van der Waals surface area contributed by atoms with Crippen molar-refractivity contribution in [1.82, 2.24) is 0 Å².